The Morgan fingerprint density at radius 2 is 1.71 bits per heavy atom. The van der Waals surface area contributed by atoms with Gasteiger partial charge in [-0.2, -0.15) is 0 Å². The minimum Gasteiger partial charge on any atom is -0.392 e. The Bertz CT molecular complexity index is 1130. The average molecular weight is 578 g/mol. The molecule has 0 spiro atoms. The predicted octanol–water partition coefficient (Wildman–Crippen LogP) is 5.79. The molecule has 4 rings (SSSR count). The first kappa shape index (κ1) is 31.9. The molecule has 0 aromatic heterocycles. The molecule has 3 N–H and O–H groups in total. The van der Waals surface area contributed by atoms with Gasteiger partial charge < -0.3 is 25.2 Å². The maximum atomic E-state index is 12.4. The SMILES string of the molecule is C=CCN(C[C@@H]1C[C@H](c2ccc(CO)cc2)O[C@H](c2ccc(NC(=O)CCCCCNC(C)=O)cc2)O1)C1CCCC1. The van der Waals surface area contributed by atoms with Crippen LogP contribution in [0.1, 0.15) is 93.8 Å². The number of hydrogen-bond donors (Lipinski definition) is 3. The molecule has 0 radical (unpaired) electrons. The molecule has 1 heterocycles. The third-order valence-electron chi connectivity index (χ3n) is 8.18. The van der Waals surface area contributed by atoms with Crippen LogP contribution in [-0.2, 0) is 25.7 Å². The molecule has 1 aliphatic carbocycles. The van der Waals surface area contributed by atoms with Gasteiger partial charge in [-0.1, -0.05) is 61.7 Å². The monoisotopic (exact) mass is 577 g/mol. The van der Waals surface area contributed by atoms with Crippen molar-refractivity contribution in [3.05, 3.63) is 77.9 Å². The molecule has 228 valence electrons. The Balaban J connectivity index is 1.39. The van der Waals surface area contributed by atoms with Gasteiger partial charge >= 0.3 is 0 Å². The number of anilines is 1. The summed E-state index contributed by atoms with van der Waals surface area (Å²) in [6.07, 6.45) is 10.00. The van der Waals surface area contributed by atoms with E-state index in [2.05, 4.69) is 22.1 Å². The molecular weight excluding hydrogens is 530 g/mol. The quantitative estimate of drug-likeness (QED) is 0.183. The van der Waals surface area contributed by atoms with Crippen LogP contribution < -0.4 is 10.6 Å². The lowest BCUT2D eigenvalue weighted by atomic mass is 9.99. The Kier molecular flexibility index (Phi) is 12.6. The van der Waals surface area contributed by atoms with Gasteiger partial charge in [0.05, 0.1) is 18.8 Å². The van der Waals surface area contributed by atoms with Crippen LogP contribution in [0.15, 0.2) is 61.2 Å². The van der Waals surface area contributed by atoms with Crippen molar-refractivity contribution in [2.75, 3.05) is 25.0 Å². The van der Waals surface area contributed by atoms with Crippen molar-refractivity contribution in [2.45, 2.75) is 95.9 Å². The first-order valence-electron chi connectivity index (χ1n) is 15.4. The predicted molar refractivity (Wildman–Crippen MR) is 165 cm³/mol. The summed E-state index contributed by atoms with van der Waals surface area (Å²) >= 11 is 0. The number of rotatable bonds is 15. The van der Waals surface area contributed by atoms with Gasteiger partial charge in [-0.25, -0.2) is 0 Å². The van der Waals surface area contributed by atoms with Gasteiger partial charge in [0.15, 0.2) is 6.29 Å². The minimum atomic E-state index is -0.534. The molecule has 2 aromatic rings. The zero-order valence-electron chi connectivity index (χ0n) is 24.9. The second kappa shape index (κ2) is 16.6. The topological polar surface area (TPSA) is 100 Å². The fourth-order valence-electron chi connectivity index (χ4n) is 5.90. The van der Waals surface area contributed by atoms with Gasteiger partial charge in [-0.05, 0) is 48.9 Å². The van der Waals surface area contributed by atoms with Gasteiger partial charge in [0.1, 0.15) is 0 Å². The second-order valence-electron chi connectivity index (χ2n) is 11.5. The third-order valence-corrected chi connectivity index (χ3v) is 8.18. The highest BCUT2D eigenvalue weighted by molar-refractivity contribution is 5.90. The summed E-state index contributed by atoms with van der Waals surface area (Å²) in [6, 6.07) is 16.2. The standard InChI is InChI=1S/C34H47N3O5/c1-3-21-37(30-9-6-7-10-30)23-31-22-32(27-14-12-26(24-38)13-15-27)42-34(41-31)28-16-18-29(19-17-28)36-33(40)11-5-4-8-20-35-25(2)39/h3,12-19,30-32,34,38H,1,4-11,20-24H2,2H3,(H,35,39)(H,36,40)/t31-,32+,34+/m0/s1. The number of carbonyl (C=O) groups excluding carboxylic acids is 2. The molecule has 2 aliphatic rings. The molecule has 1 saturated heterocycles. The summed E-state index contributed by atoms with van der Waals surface area (Å²) in [5.41, 5.74) is 3.59. The molecule has 0 unspecified atom stereocenters. The molecule has 8 heteroatoms. The summed E-state index contributed by atoms with van der Waals surface area (Å²) < 4.78 is 13.1. The van der Waals surface area contributed by atoms with Gasteiger partial charge in [0.2, 0.25) is 11.8 Å². The van der Waals surface area contributed by atoms with Crippen LogP contribution in [0.4, 0.5) is 5.69 Å². The van der Waals surface area contributed by atoms with E-state index in [4.69, 9.17) is 9.47 Å². The lowest BCUT2D eigenvalue weighted by Crippen LogP contribution is -2.43. The molecule has 1 saturated carbocycles. The first-order valence-corrected chi connectivity index (χ1v) is 15.4. The van der Waals surface area contributed by atoms with E-state index in [0.29, 0.717) is 19.0 Å². The second-order valence-corrected chi connectivity index (χ2v) is 11.5. The highest BCUT2D eigenvalue weighted by Crippen LogP contribution is 2.39. The maximum absolute atomic E-state index is 12.4. The van der Waals surface area contributed by atoms with Crippen molar-refractivity contribution >= 4 is 17.5 Å². The van der Waals surface area contributed by atoms with Crippen LogP contribution in [0.5, 0.6) is 0 Å². The van der Waals surface area contributed by atoms with E-state index < -0.39 is 6.29 Å². The fraction of sp³-hybridized carbons (Fsp3) is 0.529. The Labute approximate surface area is 250 Å². The Morgan fingerprint density at radius 3 is 2.38 bits per heavy atom. The number of hydrogen-bond acceptors (Lipinski definition) is 6. The van der Waals surface area contributed by atoms with E-state index in [0.717, 1.165) is 61.2 Å². The van der Waals surface area contributed by atoms with Crippen LogP contribution in [-0.4, -0.2) is 53.6 Å². The molecule has 0 bridgehead atoms. The van der Waals surface area contributed by atoms with Crippen molar-refractivity contribution in [1.29, 1.82) is 0 Å². The van der Waals surface area contributed by atoms with Gasteiger partial charge in [-0.15, -0.1) is 6.58 Å². The zero-order valence-corrected chi connectivity index (χ0v) is 24.9. The number of aliphatic hydroxyl groups excluding tert-OH is 1. The van der Waals surface area contributed by atoms with Gasteiger partial charge in [0.25, 0.3) is 0 Å². The lowest BCUT2D eigenvalue weighted by molar-refractivity contribution is -0.253. The Hall–Kier alpha value is -3.04. The number of aliphatic hydroxyl groups is 1. The van der Waals surface area contributed by atoms with Crippen LogP contribution in [0.2, 0.25) is 0 Å². The van der Waals surface area contributed by atoms with Crippen molar-refractivity contribution < 1.29 is 24.2 Å². The van der Waals surface area contributed by atoms with Gasteiger partial charge in [-0.3, -0.25) is 14.5 Å². The number of amides is 2. The number of unbranched alkanes of at least 4 members (excludes halogenated alkanes) is 2. The van der Waals surface area contributed by atoms with Crippen molar-refractivity contribution in [3.8, 4) is 0 Å². The van der Waals surface area contributed by atoms with Crippen LogP contribution in [0.3, 0.4) is 0 Å². The normalized spacial score (nSPS) is 20.9. The molecule has 8 nitrogen and oxygen atoms in total. The highest BCUT2D eigenvalue weighted by atomic mass is 16.7. The molecule has 42 heavy (non-hydrogen) atoms. The summed E-state index contributed by atoms with van der Waals surface area (Å²) in [7, 11) is 0. The lowest BCUT2D eigenvalue weighted by Gasteiger charge is -2.39. The van der Waals surface area contributed by atoms with Crippen molar-refractivity contribution in [2.24, 2.45) is 0 Å². The molecule has 1 aliphatic heterocycles. The van der Waals surface area contributed by atoms with E-state index in [9.17, 15) is 14.7 Å². The number of nitrogens with one attached hydrogen (secondary N) is 2. The van der Waals surface area contributed by atoms with Crippen molar-refractivity contribution in [3.63, 3.8) is 0 Å². The molecule has 2 fully saturated rings. The minimum absolute atomic E-state index is 0.0134. The number of benzene rings is 2. The largest absolute Gasteiger partial charge is 0.392 e. The average Bonchev–Trinajstić information content (AvgIpc) is 3.54. The summed E-state index contributed by atoms with van der Waals surface area (Å²) in [5, 5.41) is 15.2. The summed E-state index contributed by atoms with van der Waals surface area (Å²) in [4.78, 5) is 25.9. The Morgan fingerprint density at radius 1 is 1.00 bits per heavy atom. The first-order chi connectivity index (χ1) is 20.4. The number of ether oxygens (including phenoxy) is 2. The summed E-state index contributed by atoms with van der Waals surface area (Å²) in [5.74, 6) is -0.0465. The number of nitrogens with zero attached hydrogens (tertiary/aromatic N) is 1. The fourth-order valence-corrected chi connectivity index (χ4v) is 5.90. The van der Waals surface area contributed by atoms with Crippen LogP contribution >= 0.6 is 0 Å². The van der Waals surface area contributed by atoms with Crippen LogP contribution in [0.25, 0.3) is 0 Å². The summed E-state index contributed by atoms with van der Waals surface area (Å²) in [6.45, 7) is 7.83. The zero-order chi connectivity index (χ0) is 29.7. The van der Waals surface area contributed by atoms with Crippen molar-refractivity contribution in [1.82, 2.24) is 10.2 Å². The molecular formula is C34H47N3O5. The van der Waals surface area contributed by atoms with Crippen LogP contribution in [0, 0.1) is 0 Å². The van der Waals surface area contributed by atoms with E-state index in [1.165, 1.54) is 32.6 Å². The highest BCUT2D eigenvalue weighted by Gasteiger charge is 2.34. The number of carbonyl (C=O) groups is 2. The molecule has 3 atom stereocenters. The molecule has 2 aromatic carbocycles. The smallest absolute Gasteiger partial charge is 0.224 e. The third kappa shape index (κ3) is 9.76. The van der Waals surface area contributed by atoms with E-state index in [1.807, 2.05) is 54.6 Å². The van der Waals surface area contributed by atoms with E-state index >= 15 is 0 Å². The van der Waals surface area contributed by atoms with E-state index in [1.54, 1.807) is 0 Å². The van der Waals surface area contributed by atoms with E-state index in [-0.39, 0.29) is 30.6 Å². The molecule has 2 amide bonds. The van der Waals surface area contributed by atoms with Gasteiger partial charge in [0, 0.05) is 56.7 Å². The maximum Gasteiger partial charge on any atom is 0.224 e.